The third-order valence-electron chi connectivity index (χ3n) is 3.68. The third kappa shape index (κ3) is 3.92. The highest BCUT2D eigenvalue weighted by molar-refractivity contribution is 9.10. The topological polar surface area (TPSA) is 57.6 Å². The molecular weight excluding hydrogens is 426 g/mol. The second-order valence-electron chi connectivity index (χ2n) is 5.58. The molecule has 25 heavy (non-hydrogen) atoms. The number of carbonyl (C=O) groups excluding carboxylic acids is 2. The van der Waals surface area contributed by atoms with Gasteiger partial charge >= 0.3 is 0 Å². The van der Waals surface area contributed by atoms with Crippen molar-refractivity contribution in [3.63, 3.8) is 0 Å². The number of aromatic hydroxyl groups is 1. The molecule has 0 aliphatic carbocycles. The van der Waals surface area contributed by atoms with Gasteiger partial charge in [-0.2, -0.15) is 0 Å². The molecule has 1 saturated heterocycles. The van der Waals surface area contributed by atoms with E-state index in [0.717, 1.165) is 22.9 Å². The number of benzene rings is 2. The smallest absolute Gasteiger partial charge is 0.293 e. The lowest BCUT2D eigenvalue weighted by atomic mass is 10.1. The van der Waals surface area contributed by atoms with E-state index in [-0.39, 0.29) is 28.3 Å². The van der Waals surface area contributed by atoms with Gasteiger partial charge in [0, 0.05) is 10.6 Å². The monoisotopic (exact) mass is 437 g/mol. The molecule has 0 unspecified atom stereocenters. The summed E-state index contributed by atoms with van der Waals surface area (Å²) in [6.45, 7) is 2.19. The number of phenols is 1. The summed E-state index contributed by atoms with van der Waals surface area (Å²) in [5.74, 6) is -0.416. The molecule has 0 radical (unpaired) electrons. The van der Waals surface area contributed by atoms with E-state index >= 15 is 0 Å². The Kier molecular flexibility index (Phi) is 5.22. The average Bonchev–Trinajstić information content (AvgIpc) is 2.81. The van der Waals surface area contributed by atoms with Gasteiger partial charge < -0.3 is 5.11 Å². The molecule has 3 rings (SSSR count). The van der Waals surface area contributed by atoms with Crippen molar-refractivity contribution in [3.05, 3.63) is 67.5 Å². The van der Waals surface area contributed by atoms with E-state index in [0.29, 0.717) is 15.1 Å². The Hall–Kier alpha value is -1.76. The maximum atomic E-state index is 12.6. The first-order valence-corrected chi connectivity index (χ1v) is 9.33. The number of hydrogen-bond acceptors (Lipinski definition) is 4. The number of phenolic OH excluding ortho intramolecular Hbond substituents is 1. The quantitative estimate of drug-likeness (QED) is 0.656. The molecule has 1 heterocycles. The van der Waals surface area contributed by atoms with Crippen LogP contribution in [-0.4, -0.2) is 21.2 Å². The van der Waals surface area contributed by atoms with E-state index in [4.69, 9.17) is 11.6 Å². The molecule has 0 atom stereocenters. The molecule has 0 saturated carbocycles. The van der Waals surface area contributed by atoms with Crippen LogP contribution in [-0.2, 0) is 11.3 Å². The number of amides is 2. The van der Waals surface area contributed by atoms with Crippen LogP contribution in [0.2, 0.25) is 5.02 Å². The fourth-order valence-electron chi connectivity index (χ4n) is 2.35. The summed E-state index contributed by atoms with van der Waals surface area (Å²) in [6, 6.07) is 10.7. The van der Waals surface area contributed by atoms with E-state index in [1.165, 1.54) is 17.0 Å². The number of rotatable bonds is 3. The number of imide groups is 1. The Morgan fingerprint density at radius 3 is 2.60 bits per heavy atom. The van der Waals surface area contributed by atoms with Crippen LogP contribution in [0.5, 0.6) is 5.75 Å². The minimum absolute atomic E-state index is 0.0327. The zero-order valence-corrected chi connectivity index (χ0v) is 16.3. The minimum atomic E-state index is -0.383. The van der Waals surface area contributed by atoms with Crippen molar-refractivity contribution in [2.24, 2.45) is 0 Å². The molecule has 0 spiro atoms. The molecule has 128 valence electrons. The summed E-state index contributed by atoms with van der Waals surface area (Å²) < 4.78 is 0.421. The Morgan fingerprint density at radius 1 is 1.24 bits per heavy atom. The third-order valence-corrected chi connectivity index (χ3v) is 5.41. The molecule has 0 bridgehead atoms. The lowest BCUT2D eigenvalue weighted by molar-refractivity contribution is -0.123. The van der Waals surface area contributed by atoms with E-state index in [1.807, 2.05) is 31.2 Å². The first-order valence-electron chi connectivity index (χ1n) is 7.34. The molecule has 7 heteroatoms. The average molecular weight is 439 g/mol. The highest BCUT2D eigenvalue weighted by Crippen LogP contribution is 2.37. The van der Waals surface area contributed by atoms with Crippen molar-refractivity contribution >= 4 is 56.5 Å². The predicted molar refractivity (Wildman–Crippen MR) is 104 cm³/mol. The van der Waals surface area contributed by atoms with Crippen LogP contribution in [0.25, 0.3) is 6.08 Å². The summed E-state index contributed by atoms with van der Waals surface area (Å²) in [5.41, 5.74) is 2.36. The standard InChI is InChI=1S/C18H13BrClNO3S/c1-10-2-4-11(5-3-10)9-21-17(23)15(25-18(21)24)7-12-6-13(20)8-14(19)16(12)22/h2-8,22H,9H2,1H3/b15-7-. The molecule has 1 fully saturated rings. The summed E-state index contributed by atoms with van der Waals surface area (Å²) in [7, 11) is 0. The number of nitrogens with zero attached hydrogens (tertiary/aromatic N) is 1. The van der Waals surface area contributed by atoms with Crippen molar-refractivity contribution in [1.29, 1.82) is 0 Å². The van der Waals surface area contributed by atoms with Crippen LogP contribution in [0.4, 0.5) is 4.79 Å². The van der Waals surface area contributed by atoms with E-state index in [1.54, 1.807) is 6.07 Å². The Labute approximate surface area is 162 Å². The largest absolute Gasteiger partial charge is 0.506 e. The Balaban J connectivity index is 1.87. The summed E-state index contributed by atoms with van der Waals surface area (Å²) >= 11 is 10.0. The molecule has 1 aliphatic heterocycles. The number of halogens is 2. The summed E-state index contributed by atoms with van der Waals surface area (Å²) in [4.78, 5) is 26.2. The Bertz CT molecular complexity index is 896. The minimum Gasteiger partial charge on any atom is -0.506 e. The zero-order valence-electron chi connectivity index (χ0n) is 13.1. The van der Waals surface area contributed by atoms with Gasteiger partial charge in [0.25, 0.3) is 11.1 Å². The van der Waals surface area contributed by atoms with E-state index in [2.05, 4.69) is 15.9 Å². The lowest BCUT2D eigenvalue weighted by Crippen LogP contribution is -2.27. The first kappa shape index (κ1) is 18.0. The van der Waals surface area contributed by atoms with Crippen LogP contribution < -0.4 is 0 Å². The Morgan fingerprint density at radius 2 is 1.92 bits per heavy atom. The van der Waals surface area contributed by atoms with Crippen LogP contribution in [0.1, 0.15) is 16.7 Å². The van der Waals surface area contributed by atoms with Crippen molar-refractivity contribution in [2.45, 2.75) is 13.5 Å². The first-order chi connectivity index (χ1) is 11.8. The van der Waals surface area contributed by atoms with Gasteiger partial charge in [0.1, 0.15) is 5.75 Å². The molecule has 2 aromatic carbocycles. The van der Waals surface area contributed by atoms with Crippen molar-refractivity contribution < 1.29 is 14.7 Å². The van der Waals surface area contributed by atoms with Crippen LogP contribution in [0.3, 0.4) is 0 Å². The fraction of sp³-hybridized carbons (Fsp3) is 0.111. The summed E-state index contributed by atoms with van der Waals surface area (Å²) in [6.07, 6.45) is 1.48. The molecule has 2 aromatic rings. The van der Waals surface area contributed by atoms with Gasteiger partial charge in [-0.05, 0) is 58.4 Å². The van der Waals surface area contributed by atoms with Gasteiger partial charge in [0.15, 0.2) is 0 Å². The van der Waals surface area contributed by atoms with E-state index in [9.17, 15) is 14.7 Å². The van der Waals surface area contributed by atoms with Gasteiger partial charge in [-0.3, -0.25) is 14.5 Å². The van der Waals surface area contributed by atoms with Crippen LogP contribution in [0.15, 0.2) is 45.8 Å². The van der Waals surface area contributed by atoms with Gasteiger partial charge in [-0.15, -0.1) is 0 Å². The number of aryl methyl sites for hydroxylation is 1. The van der Waals surface area contributed by atoms with Gasteiger partial charge in [0.05, 0.1) is 15.9 Å². The maximum absolute atomic E-state index is 12.6. The van der Waals surface area contributed by atoms with Crippen LogP contribution >= 0.6 is 39.3 Å². The second kappa shape index (κ2) is 7.23. The van der Waals surface area contributed by atoms with Gasteiger partial charge in [-0.25, -0.2) is 0 Å². The normalized spacial score (nSPS) is 16.1. The second-order valence-corrected chi connectivity index (χ2v) is 7.86. The van der Waals surface area contributed by atoms with Crippen LogP contribution in [0, 0.1) is 6.92 Å². The number of carbonyl (C=O) groups is 2. The fourth-order valence-corrected chi connectivity index (χ4v) is 4.01. The summed E-state index contributed by atoms with van der Waals surface area (Å²) in [5, 5.41) is 10.2. The van der Waals surface area contributed by atoms with E-state index < -0.39 is 0 Å². The van der Waals surface area contributed by atoms with Crippen molar-refractivity contribution in [2.75, 3.05) is 0 Å². The SMILES string of the molecule is Cc1ccc(CN2C(=O)S/C(=C\c3cc(Cl)cc(Br)c3O)C2=O)cc1. The number of hydrogen-bond donors (Lipinski definition) is 1. The maximum Gasteiger partial charge on any atom is 0.293 e. The van der Waals surface area contributed by atoms with Crippen molar-refractivity contribution in [3.8, 4) is 5.75 Å². The molecule has 4 nitrogen and oxygen atoms in total. The lowest BCUT2D eigenvalue weighted by Gasteiger charge is -2.12. The molecular formula is C18H13BrClNO3S. The molecule has 2 amide bonds. The zero-order chi connectivity index (χ0) is 18.1. The highest BCUT2D eigenvalue weighted by atomic mass is 79.9. The predicted octanol–water partition coefficient (Wildman–Crippen LogP) is 5.35. The number of thioether (sulfide) groups is 1. The van der Waals surface area contributed by atoms with Gasteiger partial charge in [-0.1, -0.05) is 41.4 Å². The highest BCUT2D eigenvalue weighted by Gasteiger charge is 2.35. The molecule has 1 aliphatic rings. The molecule has 1 N–H and O–H groups in total. The molecule has 0 aromatic heterocycles. The van der Waals surface area contributed by atoms with Crippen molar-refractivity contribution in [1.82, 2.24) is 4.90 Å². The van der Waals surface area contributed by atoms with Gasteiger partial charge in [0.2, 0.25) is 0 Å².